The van der Waals surface area contributed by atoms with E-state index >= 15 is 0 Å². The first-order chi connectivity index (χ1) is 13.3. The van der Waals surface area contributed by atoms with Crippen LogP contribution in [0.5, 0.6) is 5.75 Å². The van der Waals surface area contributed by atoms with Gasteiger partial charge in [-0.1, -0.05) is 13.0 Å². The van der Waals surface area contributed by atoms with Gasteiger partial charge in [0.25, 0.3) is 0 Å². The van der Waals surface area contributed by atoms with Crippen molar-refractivity contribution in [3.05, 3.63) is 23.3 Å². The lowest BCUT2D eigenvalue weighted by atomic mass is 9.93. The van der Waals surface area contributed by atoms with E-state index in [0.29, 0.717) is 37.7 Å². The summed E-state index contributed by atoms with van der Waals surface area (Å²) in [7, 11) is 3.36. The summed E-state index contributed by atoms with van der Waals surface area (Å²) in [6, 6.07) is 4.03. The van der Waals surface area contributed by atoms with E-state index in [9.17, 15) is 9.90 Å². The zero-order valence-electron chi connectivity index (χ0n) is 17.2. The zero-order chi connectivity index (χ0) is 20.3. The molecule has 28 heavy (non-hydrogen) atoms. The number of methoxy groups -OCH3 is 2. The van der Waals surface area contributed by atoms with Crippen molar-refractivity contribution in [3.8, 4) is 5.75 Å². The largest absolute Gasteiger partial charge is 0.496 e. The molecule has 0 aliphatic carbocycles. The highest BCUT2D eigenvalue weighted by molar-refractivity contribution is 6.04. The molecular formula is C21H31N3O4. The molecule has 7 nitrogen and oxygen atoms in total. The third-order valence-electron chi connectivity index (χ3n) is 5.55. The quantitative estimate of drug-likeness (QED) is 0.745. The topological polar surface area (TPSA) is 83.4 Å². The predicted octanol–water partition coefficient (Wildman–Crippen LogP) is 1.99. The van der Waals surface area contributed by atoms with E-state index in [1.54, 1.807) is 21.1 Å². The fraction of sp³-hybridized carbons (Fsp3) is 0.619. The van der Waals surface area contributed by atoms with Gasteiger partial charge < -0.3 is 19.9 Å². The lowest BCUT2D eigenvalue weighted by Crippen LogP contribution is -2.40. The molecule has 2 aliphatic heterocycles. The van der Waals surface area contributed by atoms with Gasteiger partial charge in [0.1, 0.15) is 11.6 Å². The standard InChI is InChI=1S/C21H31N3O4/c1-14(7-10-27-3)15-5-6-17(28-4)16-11-18(23-20(15)16)22-19(25)12-24-9-8-21(2,26)13-24/h5-6,14,26H,7-13H2,1-4H3,(H,22,23,25)/t14?,21-/m1/s1. The maximum absolute atomic E-state index is 12.5. The Morgan fingerprint density at radius 2 is 2.21 bits per heavy atom. The number of nitrogens with one attached hydrogen (secondary N) is 1. The summed E-state index contributed by atoms with van der Waals surface area (Å²) in [5, 5.41) is 13.0. The summed E-state index contributed by atoms with van der Waals surface area (Å²) in [6.07, 6.45) is 2.14. The van der Waals surface area contributed by atoms with Gasteiger partial charge in [-0.05, 0) is 37.3 Å². The van der Waals surface area contributed by atoms with Gasteiger partial charge in [0.15, 0.2) is 0 Å². The Morgan fingerprint density at radius 3 is 2.86 bits per heavy atom. The molecule has 0 bridgehead atoms. The van der Waals surface area contributed by atoms with Crippen LogP contribution in [0.2, 0.25) is 0 Å². The summed E-state index contributed by atoms with van der Waals surface area (Å²) < 4.78 is 10.7. The number of amides is 1. The Balaban J connectivity index is 1.70. The van der Waals surface area contributed by atoms with Crippen LogP contribution in [0.15, 0.2) is 17.1 Å². The van der Waals surface area contributed by atoms with Crippen molar-refractivity contribution in [1.82, 2.24) is 10.2 Å². The summed E-state index contributed by atoms with van der Waals surface area (Å²) in [5.41, 5.74) is 2.36. The molecule has 7 heteroatoms. The summed E-state index contributed by atoms with van der Waals surface area (Å²) in [6.45, 7) is 6.16. The first-order valence-corrected chi connectivity index (χ1v) is 9.84. The van der Waals surface area contributed by atoms with E-state index in [1.165, 1.54) is 0 Å². The number of fused-ring (bicyclic) bond motifs is 1. The number of hydrogen-bond acceptors (Lipinski definition) is 6. The van der Waals surface area contributed by atoms with Crippen molar-refractivity contribution in [3.63, 3.8) is 0 Å². The molecule has 1 unspecified atom stereocenters. The molecule has 2 atom stereocenters. The molecule has 1 aromatic carbocycles. The molecule has 1 fully saturated rings. The first-order valence-electron chi connectivity index (χ1n) is 9.84. The first kappa shape index (κ1) is 20.8. The van der Waals surface area contributed by atoms with Crippen LogP contribution in [0, 0.1) is 0 Å². The van der Waals surface area contributed by atoms with E-state index in [0.717, 1.165) is 35.5 Å². The highest BCUT2D eigenvalue weighted by Crippen LogP contribution is 2.41. The van der Waals surface area contributed by atoms with E-state index in [4.69, 9.17) is 14.5 Å². The molecule has 0 spiro atoms. The van der Waals surface area contributed by atoms with Crippen LogP contribution in [0.1, 0.15) is 43.7 Å². The van der Waals surface area contributed by atoms with Gasteiger partial charge in [-0.3, -0.25) is 9.69 Å². The molecular weight excluding hydrogens is 358 g/mol. The van der Waals surface area contributed by atoms with Crippen LogP contribution < -0.4 is 10.1 Å². The molecule has 2 N–H and O–H groups in total. The second kappa shape index (κ2) is 8.59. The number of nitrogens with zero attached hydrogens (tertiary/aromatic N) is 2. The molecule has 1 saturated heterocycles. The van der Waals surface area contributed by atoms with Crippen LogP contribution in [0.4, 0.5) is 5.69 Å². The normalized spacial score (nSPS) is 22.7. The van der Waals surface area contributed by atoms with Gasteiger partial charge in [0.05, 0.1) is 24.9 Å². The highest BCUT2D eigenvalue weighted by Gasteiger charge is 2.32. The molecule has 1 amide bonds. The fourth-order valence-electron chi connectivity index (χ4n) is 3.97. The number of aliphatic hydroxyl groups is 1. The molecule has 2 heterocycles. The lowest BCUT2D eigenvalue weighted by molar-refractivity contribution is -0.120. The number of aliphatic imine (C=N–C) groups is 1. The number of amidine groups is 1. The molecule has 3 rings (SSSR count). The minimum atomic E-state index is -0.706. The average molecular weight is 389 g/mol. The van der Waals surface area contributed by atoms with Crippen LogP contribution in [-0.2, 0) is 16.0 Å². The van der Waals surface area contributed by atoms with E-state index in [2.05, 4.69) is 18.3 Å². The Hall–Kier alpha value is -1.96. The number of likely N-dealkylation sites (tertiary alicyclic amines) is 1. The smallest absolute Gasteiger partial charge is 0.239 e. The third-order valence-corrected chi connectivity index (χ3v) is 5.55. The van der Waals surface area contributed by atoms with Gasteiger partial charge in [-0.25, -0.2) is 4.99 Å². The fourth-order valence-corrected chi connectivity index (χ4v) is 3.97. The molecule has 0 saturated carbocycles. The van der Waals surface area contributed by atoms with Crippen molar-refractivity contribution < 1.29 is 19.4 Å². The lowest BCUT2D eigenvalue weighted by Gasteiger charge is -2.18. The predicted molar refractivity (Wildman–Crippen MR) is 109 cm³/mol. The van der Waals surface area contributed by atoms with Crippen molar-refractivity contribution in [2.24, 2.45) is 4.99 Å². The number of ether oxygens (including phenoxy) is 2. The van der Waals surface area contributed by atoms with Crippen molar-refractivity contribution in [2.75, 3.05) is 40.5 Å². The summed E-state index contributed by atoms with van der Waals surface area (Å²) in [5.74, 6) is 1.64. The Morgan fingerprint density at radius 1 is 1.43 bits per heavy atom. The number of rotatable bonds is 7. The highest BCUT2D eigenvalue weighted by atomic mass is 16.5. The molecule has 2 aliphatic rings. The second-order valence-corrected chi connectivity index (χ2v) is 8.11. The minimum Gasteiger partial charge on any atom is -0.496 e. The molecule has 0 radical (unpaired) electrons. The minimum absolute atomic E-state index is 0.0998. The Labute approximate surface area is 166 Å². The molecule has 154 valence electrons. The van der Waals surface area contributed by atoms with Gasteiger partial charge in [0.2, 0.25) is 5.91 Å². The number of carbonyl (C=O) groups is 1. The van der Waals surface area contributed by atoms with Gasteiger partial charge in [0, 0.05) is 38.8 Å². The zero-order valence-corrected chi connectivity index (χ0v) is 17.2. The van der Waals surface area contributed by atoms with Crippen LogP contribution in [0.25, 0.3) is 0 Å². The Kier molecular flexibility index (Phi) is 6.37. The average Bonchev–Trinajstić information content (AvgIpc) is 3.20. The number of hydrogen-bond donors (Lipinski definition) is 2. The van der Waals surface area contributed by atoms with Crippen LogP contribution in [-0.4, -0.2) is 67.8 Å². The Bertz CT molecular complexity index is 760. The third kappa shape index (κ3) is 4.71. The molecule has 0 aromatic heterocycles. The SMILES string of the molecule is COCCC(C)c1ccc(OC)c2c1N=C(NC(=O)CN1CC[C@@](C)(O)C1)C2. The van der Waals surface area contributed by atoms with Crippen molar-refractivity contribution in [1.29, 1.82) is 0 Å². The van der Waals surface area contributed by atoms with Gasteiger partial charge in [-0.15, -0.1) is 0 Å². The van der Waals surface area contributed by atoms with Crippen molar-refractivity contribution >= 4 is 17.4 Å². The van der Waals surface area contributed by atoms with Crippen molar-refractivity contribution in [2.45, 2.75) is 44.6 Å². The van der Waals surface area contributed by atoms with E-state index in [-0.39, 0.29) is 12.5 Å². The van der Waals surface area contributed by atoms with Crippen LogP contribution in [0.3, 0.4) is 0 Å². The molecule has 1 aromatic rings. The maximum atomic E-state index is 12.5. The van der Waals surface area contributed by atoms with E-state index < -0.39 is 5.60 Å². The summed E-state index contributed by atoms with van der Waals surface area (Å²) >= 11 is 0. The van der Waals surface area contributed by atoms with Gasteiger partial charge in [-0.2, -0.15) is 0 Å². The monoisotopic (exact) mass is 389 g/mol. The number of carbonyl (C=O) groups excluding carboxylic acids is 1. The van der Waals surface area contributed by atoms with Gasteiger partial charge >= 0.3 is 0 Å². The number of benzene rings is 1. The van der Waals surface area contributed by atoms with Crippen LogP contribution >= 0.6 is 0 Å². The second-order valence-electron chi connectivity index (χ2n) is 8.11. The number of β-amino-alcohol motifs (C(OH)–C–C–N with tert-alkyl or cyclic N) is 1. The maximum Gasteiger partial charge on any atom is 0.239 e. The summed E-state index contributed by atoms with van der Waals surface area (Å²) in [4.78, 5) is 19.2. The van der Waals surface area contributed by atoms with E-state index in [1.807, 2.05) is 11.0 Å².